The Kier molecular flexibility index (Phi) is 6.87. The summed E-state index contributed by atoms with van der Waals surface area (Å²) < 4.78 is 5.72. The van der Waals surface area contributed by atoms with E-state index in [0.29, 0.717) is 39.5 Å². The van der Waals surface area contributed by atoms with E-state index in [4.69, 9.17) is 27.9 Å². The van der Waals surface area contributed by atoms with Gasteiger partial charge in [0.15, 0.2) is 0 Å². The molecule has 1 aromatic heterocycles. The second-order valence-electron chi connectivity index (χ2n) is 5.91. The Balaban J connectivity index is 1.60. The quantitative estimate of drug-likeness (QED) is 0.550. The molecule has 1 N–H and O–H groups in total. The monoisotopic (exact) mass is 414 g/mol. The zero-order chi connectivity index (χ0) is 19.9. The number of carbonyl (C=O) groups excluding carboxylic acids is 1. The molecule has 3 aromatic rings. The molecule has 7 heteroatoms. The van der Waals surface area contributed by atoms with Gasteiger partial charge in [0.2, 0.25) is 5.88 Å². The molecule has 143 valence electrons. The van der Waals surface area contributed by atoms with Gasteiger partial charge in [-0.3, -0.25) is 4.79 Å². The number of aromatic nitrogens is 1. The predicted molar refractivity (Wildman–Crippen MR) is 112 cm³/mol. The molecule has 3 rings (SSSR count). The van der Waals surface area contributed by atoms with Crippen LogP contribution in [0.3, 0.4) is 0 Å². The number of carbonyl (C=O) groups is 1. The highest BCUT2D eigenvalue weighted by Crippen LogP contribution is 2.24. The molecule has 0 saturated carbocycles. The van der Waals surface area contributed by atoms with Crippen molar-refractivity contribution >= 4 is 34.8 Å². The van der Waals surface area contributed by atoms with Gasteiger partial charge in [-0.2, -0.15) is 0 Å². The van der Waals surface area contributed by atoms with Gasteiger partial charge in [-0.05, 0) is 42.0 Å². The fourth-order valence-electron chi connectivity index (χ4n) is 2.38. The average molecular weight is 415 g/mol. The van der Waals surface area contributed by atoms with E-state index in [2.05, 4.69) is 15.6 Å². The molecule has 0 aliphatic rings. The van der Waals surface area contributed by atoms with Crippen LogP contribution in [-0.4, -0.2) is 17.4 Å². The van der Waals surface area contributed by atoms with Crippen LogP contribution < -0.4 is 15.4 Å². The molecule has 1 heterocycles. The van der Waals surface area contributed by atoms with Crippen molar-refractivity contribution in [3.05, 3.63) is 82.0 Å². The van der Waals surface area contributed by atoms with E-state index in [-0.39, 0.29) is 5.91 Å². The molecule has 5 nitrogen and oxygen atoms in total. The largest absolute Gasteiger partial charge is 0.439 e. The third-order valence-electron chi connectivity index (χ3n) is 3.84. The topological polar surface area (TPSA) is 65.3 Å². The Labute approximate surface area is 173 Å². The van der Waals surface area contributed by atoms with Crippen molar-refractivity contribution in [2.24, 2.45) is 0 Å². The first kappa shape index (κ1) is 20.1. The zero-order valence-corrected chi connectivity index (χ0v) is 16.7. The van der Waals surface area contributed by atoms with Crippen molar-refractivity contribution in [3.8, 4) is 11.6 Å². The number of halogens is 2. The lowest BCUT2D eigenvalue weighted by atomic mass is 10.2. The molecule has 0 unspecified atom stereocenters. The summed E-state index contributed by atoms with van der Waals surface area (Å²) in [6.07, 6.45) is 1.53. The summed E-state index contributed by atoms with van der Waals surface area (Å²) in [5.41, 5.74) is 2.08. The van der Waals surface area contributed by atoms with Gasteiger partial charge in [-0.1, -0.05) is 42.3 Å². The molecule has 1 amide bonds. The Bertz CT molecular complexity index is 945. The van der Waals surface area contributed by atoms with E-state index in [0.717, 1.165) is 12.1 Å². The van der Waals surface area contributed by atoms with Gasteiger partial charge < -0.3 is 10.1 Å². The normalized spacial score (nSPS) is 10.5. The van der Waals surface area contributed by atoms with Crippen molar-refractivity contribution in [3.63, 3.8) is 0 Å². The van der Waals surface area contributed by atoms with Gasteiger partial charge in [0.25, 0.3) is 5.91 Å². The summed E-state index contributed by atoms with van der Waals surface area (Å²) in [6, 6.07) is 15.8. The number of anilines is 1. The second kappa shape index (κ2) is 9.55. The second-order valence-corrected chi connectivity index (χ2v) is 6.73. The van der Waals surface area contributed by atoms with Gasteiger partial charge in [0, 0.05) is 24.7 Å². The van der Waals surface area contributed by atoms with Crippen molar-refractivity contribution in [1.82, 2.24) is 10.3 Å². The summed E-state index contributed by atoms with van der Waals surface area (Å²) in [7, 11) is 0. The number of nitrogens with one attached hydrogen (secondary N) is 1. The Morgan fingerprint density at radius 2 is 1.86 bits per heavy atom. The van der Waals surface area contributed by atoms with Crippen molar-refractivity contribution < 1.29 is 9.53 Å². The van der Waals surface area contributed by atoms with Gasteiger partial charge >= 0.3 is 0 Å². The first-order valence-corrected chi connectivity index (χ1v) is 9.43. The molecular formula is C21H18Cl2N3O2. The third-order valence-corrected chi connectivity index (χ3v) is 4.58. The van der Waals surface area contributed by atoms with Crippen LogP contribution in [0.2, 0.25) is 10.0 Å². The fourth-order valence-corrected chi connectivity index (χ4v) is 2.68. The highest BCUT2D eigenvalue weighted by molar-refractivity contribution is 6.42. The maximum Gasteiger partial charge on any atom is 0.255 e. The molecule has 0 atom stereocenters. The molecule has 0 aliphatic carbocycles. The zero-order valence-electron chi connectivity index (χ0n) is 15.2. The Morgan fingerprint density at radius 1 is 1.07 bits per heavy atom. The first-order valence-electron chi connectivity index (χ1n) is 8.67. The first-order chi connectivity index (χ1) is 13.5. The number of ether oxygens (including phenoxy) is 1. The number of hydrogen-bond donors (Lipinski definition) is 1. The molecule has 0 saturated heterocycles. The van der Waals surface area contributed by atoms with Gasteiger partial charge in [0.05, 0.1) is 21.9 Å². The molecular weight excluding hydrogens is 397 g/mol. The van der Waals surface area contributed by atoms with Crippen molar-refractivity contribution in [1.29, 1.82) is 0 Å². The van der Waals surface area contributed by atoms with E-state index < -0.39 is 0 Å². The van der Waals surface area contributed by atoms with E-state index >= 15 is 0 Å². The molecule has 0 fully saturated rings. The van der Waals surface area contributed by atoms with Crippen LogP contribution in [0.25, 0.3) is 0 Å². The van der Waals surface area contributed by atoms with Crippen LogP contribution in [0, 0.1) is 0 Å². The van der Waals surface area contributed by atoms with E-state index in [1.54, 1.807) is 24.3 Å². The van der Waals surface area contributed by atoms with Crippen molar-refractivity contribution in [2.45, 2.75) is 13.5 Å². The number of rotatable bonds is 7. The minimum Gasteiger partial charge on any atom is -0.439 e. The van der Waals surface area contributed by atoms with Crippen LogP contribution in [0.15, 0.2) is 60.8 Å². The van der Waals surface area contributed by atoms with E-state index in [9.17, 15) is 4.79 Å². The SMILES string of the molecule is CC[N]Cc1ccc(Oc2ccc(NC(=O)c3ccc(Cl)c(Cl)c3)cn2)cc1. The maximum atomic E-state index is 12.3. The van der Waals surface area contributed by atoms with Crippen LogP contribution in [-0.2, 0) is 6.54 Å². The summed E-state index contributed by atoms with van der Waals surface area (Å²) in [5, 5.41) is 7.79. The van der Waals surface area contributed by atoms with Gasteiger partial charge in [0.1, 0.15) is 5.75 Å². The number of amides is 1. The highest BCUT2D eigenvalue weighted by Gasteiger charge is 2.09. The number of nitrogens with zero attached hydrogens (tertiary/aromatic N) is 2. The standard InChI is InChI=1S/C21H18Cl2N3O2/c1-2-24-12-14-3-7-17(8-4-14)28-20-10-6-16(13-25-20)26-21(27)15-5-9-18(22)19(23)11-15/h3-11,13H,2,12H2,1H3,(H,26,27). The molecule has 2 aromatic carbocycles. The average Bonchev–Trinajstić information content (AvgIpc) is 2.71. The lowest BCUT2D eigenvalue weighted by molar-refractivity contribution is 0.102. The smallest absolute Gasteiger partial charge is 0.255 e. The van der Waals surface area contributed by atoms with E-state index in [1.807, 2.05) is 31.2 Å². The summed E-state index contributed by atoms with van der Waals surface area (Å²) >= 11 is 11.8. The molecule has 0 aliphatic heterocycles. The molecule has 0 bridgehead atoms. The summed E-state index contributed by atoms with van der Waals surface area (Å²) in [6.45, 7) is 3.51. The van der Waals surface area contributed by atoms with Gasteiger partial charge in [-0.25, -0.2) is 10.3 Å². The summed E-state index contributed by atoms with van der Waals surface area (Å²) in [4.78, 5) is 16.5. The van der Waals surface area contributed by atoms with E-state index in [1.165, 1.54) is 12.3 Å². The summed E-state index contributed by atoms with van der Waals surface area (Å²) in [5.74, 6) is 0.806. The maximum absolute atomic E-state index is 12.3. The van der Waals surface area contributed by atoms with Crippen LogP contribution in [0.1, 0.15) is 22.8 Å². The molecule has 1 radical (unpaired) electrons. The molecule has 28 heavy (non-hydrogen) atoms. The Morgan fingerprint density at radius 3 is 2.50 bits per heavy atom. The minimum absolute atomic E-state index is 0.304. The minimum atomic E-state index is -0.304. The predicted octanol–water partition coefficient (Wildman–Crippen LogP) is 5.56. The van der Waals surface area contributed by atoms with Crippen molar-refractivity contribution in [2.75, 3.05) is 11.9 Å². The van der Waals surface area contributed by atoms with Crippen LogP contribution in [0.4, 0.5) is 5.69 Å². The molecule has 0 spiro atoms. The number of pyridine rings is 1. The third kappa shape index (κ3) is 5.45. The number of benzene rings is 2. The Hall–Kier alpha value is -2.60. The highest BCUT2D eigenvalue weighted by atomic mass is 35.5. The van der Waals surface area contributed by atoms with Crippen LogP contribution in [0.5, 0.6) is 11.6 Å². The fraction of sp³-hybridized carbons (Fsp3) is 0.143. The number of hydrogen-bond acceptors (Lipinski definition) is 3. The lowest BCUT2D eigenvalue weighted by Gasteiger charge is -2.08. The van der Waals surface area contributed by atoms with Crippen LogP contribution >= 0.6 is 23.2 Å². The van der Waals surface area contributed by atoms with Gasteiger partial charge in [-0.15, -0.1) is 0 Å². The lowest BCUT2D eigenvalue weighted by Crippen LogP contribution is -2.12.